The zero-order valence-electron chi connectivity index (χ0n) is 10.9. The van der Waals surface area contributed by atoms with Gasteiger partial charge in [-0.2, -0.15) is 0 Å². The molecule has 1 saturated heterocycles. The van der Waals surface area contributed by atoms with Gasteiger partial charge in [0.25, 0.3) is 0 Å². The molecule has 1 aliphatic rings. The lowest BCUT2D eigenvalue weighted by molar-refractivity contribution is 0.0421. The second-order valence-corrected chi connectivity index (χ2v) is 5.38. The van der Waals surface area contributed by atoms with E-state index in [1.165, 1.54) is 0 Å². The lowest BCUT2D eigenvalue weighted by atomic mass is 10.1. The first kappa shape index (κ1) is 14.3. The maximum Gasteiger partial charge on any atom is 0.249 e. The second-order valence-electron chi connectivity index (χ2n) is 4.52. The third kappa shape index (κ3) is 3.46. The van der Waals surface area contributed by atoms with E-state index in [0.29, 0.717) is 12.2 Å². The van der Waals surface area contributed by atoms with Crippen LogP contribution in [0.5, 0.6) is 0 Å². The molecule has 1 atom stereocenters. The normalized spacial score (nSPS) is 19.5. The highest BCUT2D eigenvalue weighted by atomic mass is 79.9. The Hall–Kier alpha value is -1.11. The Labute approximate surface area is 121 Å². The number of carbonyl (C=O) groups excluding carboxylic acids is 1. The van der Waals surface area contributed by atoms with Gasteiger partial charge in [-0.25, -0.2) is 0 Å². The van der Waals surface area contributed by atoms with Gasteiger partial charge in [-0.1, -0.05) is 0 Å². The van der Waals surface area contributed by atoms with E-state index in [2.05, 4.69) is 26.1 Å². The lowest BCUT2D eigenvalue weighted by Crippen LogP contribution is -2.46. The fourth-order valence-corrected chi connectivity index (χ4v) is 2.77. The molecule has 1 fully saturated rings. The first-order valence-electron chi connectivity index (χ1n) is 6.22. The van der Waals surface area contributed by atoms with E-state index in [1.807, 2.05) is 19.2 Å². The number of likely N-dealkylation sites (N-methyl/N-ethyl adjacent to an activating group) is 1. The van der Waals surface area contributed by atoms with Crippen molar-refractivity contribution in [2.45, 2.75) is 6.10 Å². The van der Waals surface area contributed by atoms with Crippen molar-refractivity contribution in [3.8, 4) is 0 Å². The number of primary amides is 1. The van der Waals surface area contributed by atoms with Crippen LogP contribution in [-0.4, -0.2) is 45.3 Å². The monoisotopic (exact) mass is 327 g/mol. The Morgan fingerprint density at radius 2 is 2.42 bits per heavy atom. The SMILES string of the molecule is CNCC1CN(c2ccc(C(N)=O)c(Br)c2)CCO1. The quantitative estimate of drug-likeness (QED) is 0.864. The van der Waals surface area contributed by atoms with Gasteiger partial charge in [0.1, 0.15) is 0 Å². The van der Waals surface area contributed by atoms with Gasteiger partial charge in [0.15, 0.2) is 0 Å². The molecule has 1 aliphatic heterocycles. The van der Waals surface area contributed by atoms with Gasteiger partial charge in [-0.3, -0.25) is 4.79 Å². The van der Waals surface area contributed by atoms with Crippen LogP contribution in [0.25, 0.3) is 0 Å². The maximum absolute atomic E-state index is 11.2. The molecule has 6 heteroatoms. The van der Waals surface area contributed by atoms with E-state index >= 15 is 0 Å². The molecule has 1 amide bonds. The number of hydrogen-bond acceptors (Lipinski definition) is 4. The van der Waals surface area contributed by atoms with Crippen molar-refractivity contribution < 1.29 is 9.53 Å². The van der Waals surface area contributed by atoms with Crippen molar-refractivity contribution in [3.63, 3.8) is 0 Å². The second kappa shape index (κ2) is 6.36. The van der Waals surface area contributed by atoms with Crippen molar-refractivity contribution in [2.24, 2.45) is 5.73 Å². The van der Waals surface area contributed by atoms with E-state index in [9.17, 15) is 4.79 Å². The minimum atomic E-state index is -0.423. The smallest absolute Gasteiger partial charge is 0.249 e. The molecule has 1 aromatic rings. The predicted molar refractivity (Wildman–Crippen MR) is 78.5 cm³/mol. The lowest BCUT2D eigenvalue weighted by Gasteiger charge is -2.34. The summed E-state index contributed by atoms with van der Waals surface area (Å²) in [5.74, 6) is -0.423. The number of nitrogens with one attached hydrogen (secondary N) is 1. The molecular formula is C13H18BrN3O2. The maximum atomic E-state index is 11.2. The van der Waals surface area contributed by atoms with Crippen LogP contribution in [-0.2, 0) is 4.74 Å². The summed E-state index contributed by atoms with van der Waals surface area (Å²) in [4.78, 5) is 13.4. The molecule has 3 N–H and O–H groups in total. The third-order valence-corrected chi connectivity index (χ3v) is 3.81. The minimum Gasteiger partial charge on any atom is -0.373 e. The van der Waals surface area contributed by atoms with Gasteiger partial charge in [0.2, 0.25) is 5.91 Å². The van der Waals surface area contributed by atoms with Crippen LogP contribution in [0.3, 0.4) is 0 Å². The van der Waals surface area contributed by atoms with Gasteiger partial charge >= 0.3 is 0 Å². The first-order valence-corrected chi connectivity index (χ1v) is 7.01. The fourth-order valence-electron chi connectivity index (χ4n) is 2.21. The van der Waals surface area contributed by atoms with Crippen molar-refractivity contribution in [1.82, 2.24) is 5.32 Å². The summed E-state index contributed by atoms with van der Waals surface area (Å²) in [6, 6.07) is 5.61. The van der Waals surface area contributed by atoms with Crippen LogP contribution in [0.2, 0.25) is 0 Å². The molecule has 0 aromatic heterocycles. The number of morpholine rings is 1. The molecule has 0 bridgehead atoms. The molecule has 1 heterocycles. The van der Waals surface area contributed by atoms with Gasteiger partial charge in [0, 0.05) is 29.8 Å². The van der Waals surface area contributed by atoms with Crippen LogP contribution >= 0.6 is 15.9 Å². The Bertz CT molecular complexity index is 465. The van der Waals surface area contributed by atoms with Gasteiger partial charge < -0.3 is 20.7 Å². The summed E-state index contributed by atoms with van der Waals surface area (Å²) in [5, 5.41) is 3.12. The zero-order valence-corrected chi connectivity index (χ0v) is 12.4. The first-order chi connectivity index (χ1) is 9.11. The van der Waals surface area contributed by atoms with Crippen molar-refractivity contribution in [1.29, 1.82) is 0 Å². The molecule has 0 spiro atoms. The van der Waals surface area contributed by atoms with Gasteiger partial charge in [-0.05, 0) is 41.2 Å². The number of hydrogen-bond donors (Lipinski definition) is 2. The highest BCUT2D eigenvalue weighted by Gasteiger charge is 2.20. The number of amides is 1. The molecule has 5 nitrogen and oxygen atoms in total. The largest absolute Gasteiger partial charge is 0.373 e. The van der Waals surface area contributed by atoms with Crippen LogP contribution in [0.4, 0.5) is 5.69 Å². The average Bonchev–Trinajstić information content (AvgIpc) is 2.39. The van der Waals surface area contributed by atoms with Crippen molar-refractivity contribution >= 4 is 27.5 Å². The summed E-state index contributed by atoms with van der Waals surface area (Å²) in [6.45, 7) is 3.23. The van der Waals surface area contributed by atoms with E-state index in [1.54, 1.807) is 6.07 Å². The number of anilines is 1. The van der Waals surface area contributed by atoms with Gasteiger partial charge in [-0.15, -0.1) is 0 Å². The van der Waals surface area contributed by atoms with E-state index in [-0.39, 0.29) is 6.10 Å². The number of rotatable bonds is 4. The Morgan fingerprint density at radius 1 is 1.63 bits per heavy atom. The summed E-state index contributed by atoms with van der Waals surface area (Å²) in [6.07, 6.45) is 0.188. The highest BCUT2D eigenvalue weighted by molar-refractivity contribution is 9.10. The van der Waals surface area contributed by atoms with Crippen LogP contribution in [0.15, 0.2) is 22.7 Å². The number of nitrogens with two attached hydrogens (primary N) is 1. The van der Waals surface area contributed by atoms with Crippen molar-refractivity contribution in [3.05, 3.63) is 28.2 Å². The zero-order chi connectivity index (χ0) is 13.8. The number of nitrogens with zero attached hydrogens (tertiary/aromatic N) is 1. The summed E-state index contributed by atoms with van der Waals surface area (Å²) >= 11 is 3.39. The number of halogens is 1. The average molecular weight is 328 g/mol. The van der Waals surface area contributed by atoms with Crippen LogP contribution in [0.1, 0.15) is 10.4 Å². The number of ether oxygens (including phenoxy) is 1. The fraction of sp³-hybridized carbons (Fsp3) is 0.462. The summed E-state index contributed by atoms with van der Waals surface area (Å²) in [7, 11) is 1.92. The molecular weight excluding hydrogens is 310 g/mol. The molecule has 0 radical (unpaired) electrons. The topological polar surface area (TPSA) is 67.6 Å². The van der Waals surface area contributed by atoms with Crippen molar-refractivity contribution in [2.75, 3.05) is 38.2 Å². The van der Waals surface area contributed by atoms with Gasteiger partial charge in [0.05, 0.1) is 18.3 Å². The van der Waals surface area contributed by atoms with Crippen LogP contribution in [0, 0.1) is 0 Å². The molecule has 104 valence electrons. The molecule has 19 heavy (non-hydrogen) atoms. The third-order valence-electron chi connectivity index (χ3n) is 3.15. The molecule has 1 aromatic carbocycles. The summed E-state index contributed by atoms with van der Waals surface area (Å²) < 4.78 is 6.40. The van der Waals surface area contributed by atoms with Crippen LogP contribution < -0.4 is 16.0 Å². The predicted octanol–water partition coefficient (Wildman–Crippen LogP) is 0.973. The van der Waals surface area contributed by atoms with E-state index < -0.39 is 5.91 Å². The number of benzene rings is 1. The van der Waals surface area contributed by atoms with E-state index in [4.69, 9.17) is 10.5 Å². The molecule has 2 rings (SSSR count). The Morgan fingerprint density at radius 3 is 3.05 bits per heavy atom. The Kier molecular flexibility index (Phi) is 4.79. The standard InChI is InChI=1S/C13H18BrN3O2/c1-16-7-10-8-17(4-5-19-10)9-2-3-11(13(15)18)12(14)6-9/h2-3,6,10,16H,4-5,7-8H2,1H3,(H2,15,18). The molecule has 0 saturated carbocycles. The summed E-state index contributed by atoms with van der Waals surface area (Å²) in [5.41, 5.74) is 6.87. The highest BCUT2D eigenvalue weighted by Crippen LogP contribution is 2.25. The Balaban J connectivity index is 2.13. The minimum absolute atomic E-state index is 0.188. The molecule has 1 unspecified atom stereocenters. The number of carbonyl (C=O) groups is 1. The van der Waals surface area contributed by atoms with E-state index in [0.717, 1.165) is 29.8 Å². The molecule has 0 aliphatic carbocycles.